The Balaban J connectivity index is 2.05. The SMILES string of the molecule is Cc1nnc(SCC(=O)Nc2ccccc2I)c(C#N)c1C. The molecule has 1 N–H and O–H groups in total. The van der Waals surface area contributed by atoms with Crippen molar-refractivity contribution in [1.82, 2.24) is 10.2 Å². The van der Waals surface area contributed by atoms with Gasteiger partial charge in [-0.1, -0.05) is 23.9 Å². The molecule has 2 aromatic rings. The van der Waals surface area contributed by atoms with Gasteiger partial charge in [0.15, 0.2) is 0 Å². The fourth-order valence-electron chi connectivity index (χ4n) is 1.70. The summed E-state index contributed by atoms with van der Waals surface area (Å²) in [5, 5.41) is 20.6. The van der Waals surface area contributed by atoms with Crippen LogP contribution in [-0.4, -0.2) is 21.9 Å². The van der Waals surface area contributed by atoms with E-state index in [0.717, 1.165) is 20.5 Å². The molecule has 7 heteroatoms. The Bertz CT molecular complexity index is 758. The van der Waals surface area contributed by atoms with E-state index in [9.17, 15) is 10.1 Å². The van der Waals surface area contributed by atoms with Gasteiger partial charge in [0, 0.05) is 3.57 Å². The highest BCUT2D eigenvalue weighted by Gasteiger charge is 2.13. The van der Waals surface area contributed by atoms with E-state index in [4.69, 9.17) is 0 Å². The first kappa shape index (κ1) is 16.7. The Morgan fingerprint density at radius 1 is 1.36 bits per heavy atom. The van der Waals surface area contributed by atoms with Crippen molar-refractivity contribution >= 4 is 45.9 Å². The second kappa shape index (κ2) is 7.56. The zero-order valence-electron chi connectivity index (χ0n) is 12.1. The molecule has 22 heavy (non-hydrogen) atoms. The number of carbonyl (C=O) groups is 1. The summed E-state index contributed by atoms with van der Waals surface area (Å²) in [4.78, 5) is 12.0. The fourth-order valence-corrected chi connectivity index (χ4v) is 3.01. The van der Waals surface area contributed by atoms with Gasteiger partial charge in [0.2, 0.25) is 5.91 Å². The number of aromatic nitrogens is 2. The molecule has 0 fully saturated rings. The van der Waals surface area contributed by atoms with Crippen LogP contribution in [-0.2, 0) is 4.79 Å². The molecule has 0 saturated carbocycles. The van der Waals surface area contributed by atoms with Crippen molar-refractivity contribution in [1.29, 1.82) is 5.26 Å². The van der Waals surface area contributed by atoms with E-state index in [1.165, 1.54) is 11.8 Å². The zero-order chi connectivity index (χ0) is 16.1. The summed E-state index contributed by atoms with van der Waals surface area (Å²) in [5.74, 6) is 0.0367. The normalized spacial score (nSPS) is 10.1. The first-order valence-corrected chi connectivity index (χ1v) is 8.50. The maximum absolute atomic E-state index is 12.0. The lowest BCUT2D eigenvalue weighted by molar-refractivity contribution is -0.113. The van der Waals surface area contributed by atoms with E-state index in [1.54, 1.807) is 0 Å². The van der Waals surface area contributed by atoms with Crippen molar-refractivity contribution in [2.24, 2.45) is 0 Å². The molecular weight excluding hydrogens is 411 g/mol. The smallest absolute Gasteiger partial charge is 0.234 e. The lowest BCUT2D eigenvalue weighted by Gasteiger charge is -2.08. The van der Waals surface area contributed by atoms with Gasteiger partial charge in [0.05, 0.1) is 22.7 Å². The molecule has 0 atom stereocenters. The molecule has 112 valence electrons. The Kier molecular flexibility index (Phi) is 5.74. The maximum atomic E-state index is 12.0. The highest BCUT2D eigenvalue weighted by atomic mass is 127. The fraction of sp³-hybridized carbons (Fsp3) is 0.200. The van der Waals surface area contributed by atoms with E-state index in [0.29, 0.717) is 10.6 Å². The summed E-state index contributed by atoms with van der Waals surface area (Å²) in [6.45, 7) is 3.64. The Hall–Kier alpha value is -1.66. The van der Waals surface area contributed by atoms with E-state index in [1.807, 2.05) is 38.1 Å². The van der Waals surface area contributed by atoms with Crippen LogP contribution in [0.3, 0.4) is 0 Å². The molecular formula is C15H13IN4OS. The van der Waals surface area contributed by atoms with Crippen LogP contribution in [0.2, 0.25) is 0 Å². The van der Waals surface area contributed by atoms with Gasteiger partial charge < -0.3 is 5.32 Å². The van der Waals surface area contributed by atoms with Crippen LogP contribution in [0.1, 0.15) is 16.8 Å². The van der Waals surface area contributed by atoms with Crippen LogP contribution < -0.4 is 5.32 Å². The summed E-state index contributed by atoms with van der Waals surface area (Å²) < 4.78 is 0.974. The summed E-state index contributed by atoms with van der Waals surface area (Å²) >= 11 is 3.38. The lowest BCUT2D eigenvalue weighted by Crippen LogP contribution is -2.15. The van der Waals surface area contributed by atoms with Gasteiger partial charge in [-0.15, -0.1) is 5.10 Å². The van der Waals surface area contributed by atoms with Crippen LogP contribution in [0.15, 0.2) is 29.3 Å². The van der Waals surface area contributed by atoms with Crippen LogP contribution >= 0.6 is 34.4 Å². The molecule has 2 rings (SSSR count). The third kappa shape index (κ3) is 3.96. The maximum Gasteiger partial charge on any atom is 0.234 e. The summed E-state index contributed by atoms with van der Waals surface area (Å²) in [6.07, 6.45) is 0. The third-order valence-electron chi connectivity index (χ3n) is 3.02. The van der Waals surface area contributed by atoms with Crippen LogP contribution in [0.25, 0.3) is 0 Å². The number of para-hydroxylation sites is 1. The number of halogens is 1. The third-order valence-corrected chi connectivity index (χ3v) is 4.93. The van der Waals surface area contributed by atoms with Gasteiger partial charge in [-0.3, -0.25) is 4.79 Å². The molecule has 1 aromatic carbocycles. The predicted octanol–water partition coefficient (Wildman–Crippen LogP) is 3.30. The first-order chi connectivity index (χ1) is 10.5. The van der Waals surface area contributed by atoms with Gasteiger partial charge in [-0.2, -0.15) is 10.4 Å². The number of aryl methyl sites for hydroxylation is 1. The Morgan fingerprint density at radius 2 is 2.09 bits per heavy atom. The second-order valence-electron chi connectivity index (χ2n) is 4.52. The minimum atomic E-state index is -0.141. The molecule has 1 amide bonds. The molecule has 0 aliphatic heterocycles. The minimum absolute atomic E-state index is 0.141. The molecule has 0 spiro atoms. The van der Waals surface area contributed by atoms with E-state index < -0.39 is 0 Å². The Labute approximate surface area is 146 Å². The summed E-state index contributed by atoms with van der Waals surface area (Å²) in [7, 11) is 0. The first-order valence-electron chi connectivity index (χ1n) is 6.44. The van der Waals surface area contributed by atoms with Crippen LogP contribution in [0.5, 0.6) is 0 Å². The van der Waals surface area contributed by atoms with Gasteiger partial charge >= 0.3 is 0 Å². The summed E-state index contributed by atoms with van der Waals surface area (Å²) in [6, 6.07) is 9.68. The lowest BCUT2D eigenvalue weighted by atomic mass is 10.1. The number of nitriles is 1. The van der Waals surface area contributed by atoms with Crippen LogP contribution in [0.4, 0.5) is 5.69 Å². The van der Waals surface area contributed by atoms with Crippen molar-refractivity contribution in [3.8, 4) is 6.07 Å². The minimum Gasteiger partial charge on any atom is -0.324 e. The van der Waals surface area contributed by atoms with Gasteiger partial charge in [-0.05, 0) is 54.1 Å². The number of carbonyl (C=O) groups excluding carboxylic acids is 1. The molecule has 5 nitrogen and oxygen atoms in total. The van der Waals surface area contributed by atoms with Gasteiger partial charge in [-0.25, -0.2) is 0 Å². The van der Waals surface area contributed by atoms with Gasteiger partial charge in [0.1, 0.15) is 11.1 Å². The van der Waals surface area contributed by atoms with Crippen molar-refractivity contribution in [3.05, 3.63) is 44.7 Å². The van der Waals surface area contributed by atoms with Crippen LogP contribution in [0, 0.1) is 28.7 Å². The number of benzene rings is 1. The Morgan fingerprint density at radius 3 is 2.77 bits per heavy atom. The molecule has 0 unspecified atom stereocenters. The second-order valence-corrected chi connectivity index (χ2v) is 6.65. The summed E-state index contributed by atoms with van der Waals surface area (Å²) in [5.41, 5.74) is 2.79. The van der Waals surface area contributed by atoms with E-state index in [-0.39, 0.29) is 11.7 Å². The predicted molar refractivity (Wildman–Crippen MR) is 94.7 cm³/mol. The molecule has 1 heterocycles. The average molecular weight is 424 g/mol. The standard InChI is InChI=1S/C15H13IN4OS/c1-9-10(2)19-20-15(11(9)7-17)22-8-14(21)18-13-6-4-3-5-12(13)16/h3-6H,8H2,1-2H3,(H,18,21). The molecule has 0 bridgehead atoms. The number of nitrogens with one attached hydrogen (secondary N) is 1. The number of anilines is 1. The molecule has 0 aliphatic rings. The van der Waals surface area contributed by atoms with Gasteiger partial charge in [0.25, 0.3) is 0 Å². The highest BCUT2D eigenvalue weighted by Crippen LogP contribution is 2.23. The van der Waals surface area contributed by atoms with E-state index in [2.05, 4.69) is 44.2 Å². The number of hydrogen-bond acceptors (Lipinski definition) is 5. The number of nitrogens with zero attached hydrogens (tertiary/aromatic N) is 3. The van der Waals surface area contributed by atoms with Crippen molar-refractivity contribution in [3.63, 3.8) is 0 Å². The van der Waals surface area contributed by atoms with Crippen molar-refractivity contribution in [2.75, 3.05) is 11.1 Å². The zero-order valence-corrected chi connectivity index (χ0v) is 15.0. The highest BCUT2D eigenvalue weighted by molar-refractivity contribution is 14.1. The number of hydrogen-bond donors (Lipinski definition) is 1. The average Bonchev–Trinajstić information content (AvgIpc) is 2.51. The number of amides is 1. The van der Waals surface area contributed by atoms with Crippen molar-refractivity contribution < 1.29 is 4.79 Å². The molecule has 0 saturated heterocycles. The molecule has 1 aromatic heterocycles. The topological polar surface area (TPSA) is 78.7 Å². The van der Waals surface area contributed by atoms with Crippen molar-refractivity contribution in [2.45, 2.75) is 18.9 Å². The number of rotatable bonds is 4. The number of thioether (sulfide) groups is 1. The molecule has 0 radical (unpaired) electrons. The largest absolute Gasteiger partial charge is 0.324 e. The molecule has 0 aliphatic carbocycles. The quantitative estimate of drug-likeness (QED) is 0.602. The van der Waals surface area contributed by atoms with E-state index >= 15 is 0 Å². The monoisotopic (exact) mass is 424 g/mol.